The number of aromatic nitrogens is 4. The van der Waals surface area contributed by atoms with E-state index in [0.717, 1.165) is 50.2 Å². The lowest BCUT2D eigenvalue weighted by atomic mass is 9.97. The largest absolute Gasteiger partial charge is 0.353 e. The Balaban J connectivity index is 1.31. The number of piperidine rings is 1. The highest BCUT2D eigenvalue weighted by Crippen LogP contribution is 2.31. The number of amides is 3. The molecule has 0 aromatic carbocycles. The van der Waals surface area contributed by atoms with E-state index in [2.05, 4.69) is 20.1 Å². The number of imide groups is 1. The van der Waals surface area contributed by atoms with Gasteiger partial charge in [0.05, 0.1) is 0 Å². The summed E-state index contributed by atoms with van der Waals surface area (Å²) in [5.41, 5.74) is 0.737. The van der Waals surface area contributed by atoms with E-state index in [1.807, 2.05) is 10.6 Å². The highest BCUT2D eigenvalue weighted by molar-refractivity contribution is 6.02. The molecule has 26 heavy (non-hydrogen) atoms. The van der Waals surface area contributed by atoms with Crippen molar-refractivity contribution in [1.29, 1.82) is 0 Å². The number of carbonyl (C=O) groups is 2. The van der Waals surface area contributed by atoms with Gasteiger partial charge in [-0.25, -0.2) is 9.78 Å². The van der Waals surface area contributed by atoms with Gasteiger partial charge in [-0.3, -0.25) is 14.1 Å². The maximum atomic E-state index is 12.5. The van der Waals surface area contributed by atoms with Crippen molar-refractivity contribution >= 4 is 23.4 Å². The zero-order valence-corrected chi connectivity index (χ0v) is 14.5. The van der Waals surface area contributed by atoms with E-state index in [1.165, 1.54) is 4.90 Å². The molecule has 136 valence electrons. The fourth-order valence-corrected chi connectivity index (χ4v) is 4.04. The normalized spacial score (nSPS) is 24.2. The van der Waals surface area contributed by atoms with Gasteiger partial charge >= 0.3 is 6.03 Å². The summed E-state index contributed by atoms with van der Waals surface area (Å²) in [5.74, 6) is 1.01. The van der Waals surface area contributed by atoms with E-state index in [4.69, 9.17) is 0 Å². The molecule has 1 atom stereocenters. The minimum atomic E-state index is -0.104. The number of carbonyl (C=O) groups excluding carboxylic acids is 2. The first-order valence-electron chi connectivity index (χ1n) is 9.21. The Bertz CT molecular complexity index is 862. The van der Waals surface area contributed by atoms with Crippen LogP contribution in [-0.2, 0) is 4.79 Å². The highest BCUT2D eigenvalue weighted by Gasteiger charge is 2.44. The minimum absolute atomic E-state index is 0.0586. The molecular weight excluding hydrogens is 334 g/mol. The predicted molar refractivity (Wildman–Crippen MR) is 92.6 cm³/mol. The highest BCUT2D eigenvalue weighted by atomic mass is 16.2. The zero-order valence-electron chi connectivity index (χ0n) is 14.5. The van der Waals surface area contributed by atoms with Crippen LogP contribution in [0, 0.1) is 5.92 Å². The molecule has 3 amide bonds. The fraction of sp³-hybridized carbons (Fsp3) is 0.588. The van der Waals surface area contributed by atoms with Gasteiger partial charge in [0, 0.05) is 38.1 Å². The van der Waals surface area contributed by atoms with Gasteiger partial charge < -0.3 is 9.80 Å². The van der Waals surface area contributed by atoms with Crippen LogP contribution in [0.15, 0.2) is 18.7 Å². The van der Waals surface area contributed by atoms with Gasteiger partial charge in [0.25, 0.3) is 0 Å². The molecule has 0 N–H and O–H groups in total. The lowest BCUT2D eigenvalue weighted by Gasteiger charge is -2.34. The van der Waals surface area contributed by atoms with Gasteiger partial charge in [-0.15, -0.1) is 10.2 Å². The Morgan fingerprint density at radius 1 is 1.19 bits per heavy atom. The Morgan fingerprint density at radius 3 is 2.92 bits per heavy atom. The Morgan fingerprint density at radius 2 is 2.08 bits per heavy atom. The van der Waals surface area contributed by atoms with Crippen molar-refractivity contribution in [3.05, 3.63) is 18.7 Å². The number of hydrogen-bond acceptors (Lipinski definition) is 6. The molecule has 3 fully saturated rings. The lowest BCUT2D eigenvalue weighted by Crippen LogP contribution is -2.44. The van der Waals surface area contributed by atoms with Crippen LogP contribution in [0.5, 0.6) is 0 Å². The SMILES string of the molecule is O=C1CN(C2CC2)C(=O)N1CC1CCCN(c2nccn3cnnc23)C1. The summed E-state index contributed by atoms with van der Waals surface area (Å²) in [6.45, 7) is 2.40. The maximum absolute atomic E-state index is 12.5. The number of hydrogen-bond donors (Lipinski definition) is 0. The molecule has 0 bridgehead atoms. The summed E-state index contributed by atoms with van der Waals surface area (Å²) >= 11 is 0. The third-order valence-electron chi connectivity index (χ3n) is 5.53. The van der Waals surface area contributed by atoms with Crippen LogP contribution in [0.3, 0.4) is 0 Å². The second-order valence-electron chi connectivity index (χ2n) is 7.41. The third-order valence-corrected chi connectivity index (χ3v) is 5.53. The molecule has 1 saturated carbocycles. The van der Waals surface area contributed by atoms with Crippen molar-refractivity contribution in [3.8, 4) is 0 Å². The van der Waals surface area contributed by atoms with Crippen LogP contribution < -0.4 is 4.90 Å². The summed E-state index contributed by atoms with van der Waals surface area (Å²) in [7, 11) is 0. The number of fused-ring (bicyclic) bond motifs is 1. The Labute approximate surface area is 150 Å². The first kappa shape index (κ1) is 15.5. The van der Waals surface area contributed by atoms with Crippen LogP contribution in [0.2, 0.25) is 0 Å². The Kier molecular flexibility index (Phi) is 3.54. The van der Waals surface area contributed by atoms with Gasteiger partial charge in [-0.2, -0.15) is 0 Å². The zero-order chi connectivity index (χ0) is 17.7. The van der Waals surface area contributed by atoms with Crippen molar-refractivity contribution in [3.63, 3.8) is 0 Å². The molecule has 2 aromatic rings. The van der Waals surface area contributed by atoms with E-state index >= 15 is 0 Å². The topological polar surface area (TPSA) is 86.9 Å². The summed E-state index contributed by atoms with van der Waals surface area (Å²) in [6.07, 6.45) is 9.30. The molecule has 3 aliphatic rings. The molecule has 1 aliphatic carbocycles. The lowest BCUT2D eigenvalue weighted by molar-refractivity contribution is -0.125. The van der Waals surface area contributed by atoms with Crippen LogP contribution in [0.25, 0.3) is 5.65 Å². The average molecular weight is 355 g/mol. The van der Waals surface area contributed by atoms with Crippen molar-refractivity contribution in [1.82, 2.24) is 29.4 Å². The quantitative estimate of drug-likeness (QED) is 0.753. The van der Waals surface area contributed by atoms with Crippen LogP contribution >= 0.6 is 0 Å². The first-order chi connectivity index (χ1) is 12.7. The molecule has 0 spiro atoms. The van der Waals surface area contributed by atoms with Crippen molar-refractivity contribution in [2.24, 2.45) is 5.92 Å². The molecule has 2 aliphatic heterocycles. The third kappa shape index (κ3) is 2.58. The summed E-state index contributed by atoms with van der Waals surface area (Å²) < 4.78 is 1.85. The fourth-order valence-electron chi connectivity index (χ4n) is 4.04. The predicted octanol–water partition coefficient (Wildman–Crippen LogP) is 0.767. The van der Waals surface area contributed by atoms with E-state index < -0.39 is 0 Å². The van der Waals surface area contributed by atoms with E-state index in [9.17, 15) is 9.59 Å². The molecule has 9 heteroatoms. The minimum Gasteiger partial charge on any atom is -0.353 e. The standard InChI is InChI=1S/C17H21N7O2/c25-14-10-23(13-3-4-13)17(26)24(14)9-12-2-1-6-21(8-12)15-16-20-19-11-22(16)7-5-18-15/h5,7,11-13H,1-4,6,8-10H2. The summed E-state index contributed by atoms with van der Waals surface area (Å²) in [6, 6.07) is 0.182. The molecular formula is C17H21N7O2. The molecule has 4 heterocycles. The molecule has 5 rings (SSSR count). The van der Waals surface area contributed by atoms with Crippen LogP contribution in [-0.4, -0.2) is 73.5 Å². The van der Waals surface area contributed by atoms with Crippen LogP contribution in [0.4, 0.5) is 10.6 Å². The van der Waals surface area contributed by atoms with Crippen molar-refractivity contribution < 1.29 is 9.59 Å². The van der Waals surface area contributed by atoms with Crippen molar-refractivity contribution in [2.45, 2.75) is 31.7 Å². The van der Waals surface area contributed by atoms with E-state index in [1.54, 1.807) is 17.4 Å². The second kappa shape index (κ2) is 5.93. The van der Waals surface area contributed by atoms with Gasteiger partial charge in [-0.1, -0.05) is 0 Å². The molecule has 1 unspecified atom stereocenters. The summed E-state index contributed by atoms with van der Waals surface area (Å²) in [4.78, 5) is 34.7. The maximum Gasteiger partial charge on any atom is 0.327 e. The molecule has 9 nitrogen and oxygen atoms in total. The van der Waals surface area contributed by atoms with Gasteiger partial charge in [-0.05, 0) is 31.6 Å². The Hall–Kier alpha value is -2.71. The van der Waals surface area contributed by atoms with E-state index in [0.29, 0.717) is 6.54 Å². The number of anilines is 1. The smallest absolute Gasteiger partial charge is 0.327 e. The van der Waals surface area contributed by atoms with E-state index in [-0.39, 0.29) is 30.4 Å². The summed E-state index contributed by atoms with van der Waals surface area (Å²) in [5, 5.41) is 8.12. The average Bonchev–Trinajstić information content (AvgIpc) is 3.32. The van der Waals surface area contributed by atoms with Gasteiger partial charge in [0.2, 0.25) is 11.6 Å². The first-order valence-corrected chi connectivity index (χ1v) is 9.21. The second-order valence-corrected chi connectivity index (χ2v) is 7.41. The van der Waals surface area contributed by atoms with Gasteiger partial charge in [0.1, 0.15) is 12.9 Å². The van der Waals surface area contributed by atoms with Crippen molar-refractivity contribution in [2.75, 3.05) is 31.1 Å². The number of rotatable bonds is 4. The molecule has 2 aromatic heterocycles. The monoisotopic (exact) mass is 355 g/mol. The number of nitrogens with zero attached hydrogens (tertiary/aromatic N) is 7. The molecule has 2 saturated heterocycles. The van der Waals surface area contributed by atoms with Gasteiger partial charge in [0.15, 0.2) is 5.82 Å². The number of urea groups is 1. The van der Waals surface area contributed by atoms with Crippen LogP contribution in [0.1, 0.15) is 25.7 Å². The molecule has 0 radical (unpaired) electrons.